The first kappa shape index (κ1) is 8.98. The molecule has 1 amide bonds. The molecule has 0 aromatic carbocycles. The van der Waals surface area contributed by atoms with Gasteiger partial charge in [0.25, 0.3) is 0 Å². The van der Waals surface area contributed by atoms with E-state index in [4.69, 9.17) is 4.52 Å². The molecule has 1 aromatic rings. The molecule has 0 atom stereocenters. The molecule has 0 saturated heterocycles. The molecule has 0 unspecified atom stereocenters. The zero-order chi connectivity index (χ0) is 9.97. The molecule has 1 aliphatic rings. The Morgan fingerprint density at radius 2 is 2.43 bits per heavy atom. The lowest BCUT2D eigenvalue weighted by atomic mass is 10.4. The largest absolute Gasteiger partial charge is 0.358 e. The van der Waals surface area contributed by atoms with Gasteiger partial charge in [-0.3, -0.25) is 4.79 Å². The first-order valence-corrected chi connectivity index (χ1v) is 4.57. The lowest BCUT2D eigenvalue weighted by Gasteiger charge is -1.97. The number of anilines is 1. The number of nitrogens with one attached hydrogen (secondary N) is 2. The van der Waals surface area contributed by atoms with Gasteiger partial charge in [0, 0.05) is 13.0 Å². The van der Waals surface area contributed by atoms with Crippen LogP contribution in [0.2, 0.25) is 0 Å². The fraction of sp³-hybridized carbons (Fsp3) is 0.625. The van der Waals surface area contributed by atoms with E-state index in [2.05, 4.69) is 20.8 Å². The maximum atomic E-state index is 10.9. The van der Waals surface area contributed by atoms with Gasteiger partial charge in [-0.15, -0.1) is 0 Å². The van der Waals surface area contributed by atoms with E-state index in [9.17, 15) is 4.79 Å². The smallest absolute Gasteiger partial charge is 0.321 e. The molecule has 0 aliphatic heterocycles. The first-order chi connectivity index (χ1) is 6.79. The van der Waals surface area contributed by atoms with Crippen molar-refractivity contribution in [3.8, 4) is 0 Å². The minimum absolute atomic E-state index is 0.115. The van der Waals surface area contributed by atoms with Crippen LogP contribution in [-0.4, -0.2) is 29.6 Å². The van der Waals surface area contributed by atoms with Gasteiger partial charge in [-0.05, 0) is 12.8 Å². The Morgan fingerprint density at radius 3 is 3.07 bits per heavy atom. The van der Waals surface area contributed by atoms with Crippen LogP contribution in [0.15, 0.2) is 4.52 Å². The summed E-state index contributed by atoms with van der Waals surface area (Å²) in [5, 5.41) is 9.03. The lowest BCUT2D eigenvalue weighted by molar-refractivity contribution is -0.118. The Bertz CT molecular complexity index is 332. The molecular weight excluding hydrogens is 184 g/mol. The van der Waals surface area contributed by atoms with E-state index in [1.165, 1.54) is 0 Å². The van der Waals surface area contributed by atoms with Crippen LogP contribution in [0.5, 0.6) is 0 Å². The third kappa shape index (κ3) is 2.01. The molecule has 2 rings (SSSR count). The molecule has 76 valence electrons. The van der Waals surface area contributed by atoms with Gasteiger partial charge in [-0.25, -0.2) is 0 Å². The number of rotatable bonds is 4. The summed E-state index contributed by atoms with van der Waals surface area (Å²) in [5.41, 5.74) is 0. The van der Waals surface area contributed by atoms with Crippen LogP contribution in [0.4, 0.5) is 6.01 Å². The fourth-order valence-corrected chi connectivity index (χ4v) is 1.06. The van der Waals surface area contributed by atoms with Crippen molar-refractivity contribution in [3.05, 3.63) is 5.82 Å². The predicted octanol–water partition coefficient (Wildman–Crippen LogP) is 0.105. The van der Waals surface area contributed by atoms with Crippen LogP contribution < -0.4 is 10.6 Å². The molecule has 1 aliphatic carbocycles. The van der Waals surface area contributed by atoms with Crippen LogP contribution in [0.25, 0.3) is 0 Å². The minimum atomic E-state index is -0.115. The van der Waals surface area contributed by atoms with Crippen LogP contribution in [-0.2, 0) is 4.79 Å². The lowest BCUT2D eigenvalue weighted by Crippen LogP contribution is -2.26. The number of hydrogen-bond donors (Lipinski definition) is 2. The Labute approximate surface area is 81.1 Å². The molecule has 14 heavy (non-hydrogen) atoms. The molecule has 6 heteroatoms. The summed E-state index contributed by atoms with van der Waals surface area (Å²) in [5.74, 6) is 1.09. The number of hydrogen-bond acceptors (Lipinski definition) is 5. The maximum Gasteiger partial charge on any atom is 0.321 e. The highest BCUT2D eigenvalue weighted by molar-refractivity contribution is 5.79. The van der Waals surface area contributed by atoms with Crippen molar-refractivity contribution in [1.29, 1.82) is 0 Å². The normalized spacial score (nSPS) is 15.2. The number of aromatic nitrogens is 2. The van der Waals surface area contributed by atoms with Gasteiger partial charge in [0.05, 0.1) is 6.54 Å². The van der Waals surface area contributed by atoms with Gasteiger partial charge >= 0.3 is 6.01 Å². The van der Waals surface area contributed by atoms with Crippen LogP contribution >= 0.6 is 0 Å². The summed E-state index contributed by atoms with van der Waals surface area (Å²) in [7, 11) is 1.58. The summed E-state index contributed by atoms with van der Waals surface area (Å²) >= 11 is 0. The molecule has 1 fully saturated rings. The average Bonchev–Trinajstić information content (AvgIpc) is 2.95. The standard InChI is InChI=1S/C8H12N4O2/c1-9-6(13)4-10-8-11-7(12-14-8)5-2-3-5/h5H,2-4H2,1H3,(H,9,13)(H,10,11,12). The van der Waals surface area contributed by atoms with Gasteiger partial charge in [-0.2, -0.15) is 4.98 Å². The molecule has 1 heterocycles. The third-order valence-electron chi connectivity index (χ3n) is 2.06. The van der Waals surface area contributed by atoms with Gasteiger partial charge in [0.15, 0.2) is 5.82 Å². The van der Waals surface area contributed by atoms with Crippen molar-refractivity contribution in [3.63, 3.8) is 0 Å². The van der Waals surface area contributed by atoms with E-state index in [0.717, 1.165) is 18.7 Å². The first-order valence-electron chi connectivity index (χ1n) is 4.57. The van der Waals surface area contributed by atoms with E-state index < -0.39 is 0 Å². The SMILES string of the molecule is CNC(=O)CNc1nc(C2CC2)no1. The Hall–Kier alpha value is -1.59. The molecular formula is C8H12N4O2. The molecule has 0 bridgehead atoms. The number of amides is 1. The maximum absolute atomic E-state index is 10.9. The topological polar surface area (TPSA) is 80.0 Å². The molecule has 0 radical (unpaired) electrons. The zero-order valence-electron chi connectivity index (χ0n) is 7.91. The van der Waals surface area contributed by atoms with Gasteiger partial charge in [-0.1, -0.05) is 5.16 Å². The van der Waals surface area contributed by atoms with E-state index in [-0.39, 0.29) is 12.5 Å². The number of carbonyl (C=O) groups excluding carboxylic acids is 1. The van der Waals surface area contributed by atoms with Crippen molar-refractivity contribution in [2.24, 2.45) is 0 Å². The highest BCUT2D eigenvalue weighted by Gasteiger charge is 2.28. The van der Waals surface area contributed by atoms with E-state index in [1.807, 2.05) is 0 Å². The summed E-state index contributed by atoms with van der Waals surface area (Å²) < 4.78 is 4.91. The second kappa shape index (κ2) is 3.65. The average molecular weight is 196 g/mol. The van der Waals surface area contributed by atoms with Crippen molar-refractivity contribution in [1.82, 2.24) is 15.5 Å². The Morgan fingerprint density at radius 1 is 1.64 bits per heavy atom. The highest BCUT2D eigenvalue weighted by Crippen LogP contribution is 2.38. The van der Waals surface area contributed by atoms with Crippen molar-refractivity contribution >= 4 is 11.9 Å². The van der Waals surface area contributed by atoms with Crippen LogP contribution in [0, 0.1) is 0 Å². The van der Waals surface area contributed by atoms with E-state index in [0.29, 0.717) is 11.9 Å². The monoisotopic (exact) mass is 196 g/mol. The summed E-state index contributed by atoms with van der Waals surface area (Å²) in [6.45, 7) is 0.156. The fourth-order valence-electron chi connectivity index (χ4n) is 1.06. The zero-order valence-corrected chi connectivity index (χ0v) is 7.91. The number of likely N-dealkylation sites (N-methyl/N-ethyl adjacent to an activating group) is 1. The molecule has 1 saturated carbocycles. The molecule has 2 N–H and O–H groups in total. The third-order valence-corrected chi connectivity index (χ3v) is 2.06. The second-order valence-corrected chi connectivity index (χ2v) is 3.26. The molecule has 0 spiro atoms. The summed E-state index contributed by atoms with van der Waals surface area (Å²) in [6, 6.07) is 0.315. The van der Waals surface area contributed by atoms with Gasteiger partial charge < -0.3 is 15.2 Å². The minimum Gasteiger partial charge on any atom is -0.358 e. The number of nitrogens with zero attached hydrogens (tertiary/aromatic N) is 2. The van der Waals surface area contributed by atoms with Gasteiger partial charge in [0.2, 0.25) is 5.91 Å². The van der Waals surface area contributed by atoms with Gasteiger partial charge in [0.1, 0.15) is 0 Å². The molecule has 6 nitrogen and oxygen atoms in total. The van der Waals surface area contributed by atoms with Crippen LogP contribution in [0.1, 0.15) is 24.6 Å². The van der Waals surface area contributed by atoms with E-state index >= 15 is 0 Å². The summed E-state index contributed by atoms with van der Waals surface area (Å²) in [4.78, 5) is 15.0. The van der Waals surface area contributed by atoms with Crippen molar-refractivity contribution in [2.75, 3.05) is 18.9 Å². The Balaban J connectivity index is 1.86. The second-order valence-electron chi connectivity index (χ2n) is 3.26. The highest BCUT2D eigenvalue weighted by atomic mass is 16.5. The summed E-state index contributed by atoms with van der Waals surface area (Å²) in [6.07, 6.45) is 2.27. The van der Waals surface area contributed by atoms with Crippen LogP contribution in [0.3, 0.4) is 0 Å². The quantitative estimate of drug-likeness (QED) is 0.714. The number of carbonyl (C=O) groups is 1. The van der Waals surface area contributed by atoms with E-state index in [1.54, 1.807) is 7.05 Å². The Kier molecular flexibility index (Phi) is 2.34. The molecule has 1 aromatic heterocycles. The van der Waals surface area contributed by atoms with Crippen molar-refractivity contribution in [2.45, 2.75) is 18.8 Å². The van der Waals surface area contributed by atoms with Crippen molar-refractivity contribution < 1.29 is 9.32 Å². The predicted molar refractivity (Wildman–Crippen MR) is 48.8 cm³/mol.